The fraction of sp³-hybridized carbons (Fsp3) is 0.294. The van der Waals surface area contributed by atoms with E-state index < -0.39 is 0 Å². The van der Waals surface area contributed by atoms with Gasteiger partial charge in [0.2, 0.25) is 0 Å². The van der Waals surface area contributed by atoms with E-state index in [1.807, 2.05) is 25.1 Å². The van der Waals surface area contributed by atoms with E-state index in [-0.39, 0.29) is 6.04 Å². The van der Waals surface area contributed by atoms with Crippen LogP contribution in [0, 0.1) is 6.92 Å². The molecular formula is C17H21NO. The maximum absolute atomic E-state index is 5.87. The molecule has 0 saturated carbocycles. The summed E-state index contributed by atoms with van der Waals surface area (Å²) in [5, 5.41) is 0. The minimum atomic E-state index is 0.0667. The van der Waals surface area contributed by atoms with Crippen LogP contribution in [0.25, 0.3) is 0 Å². The molecule has 0 fully saturated rings. The molecule has 0 heterocycles. The first-order valence-electron chi connectivity index (χ1n) is 6.69. The summed E-state index contributed by atoms with van der Waals surface area (Å²) in [7, 11) is 0. The Kier molecular flexibility index (Phi) is 4.58. The second kappa shape index (κ2) is 6.39. The molecule has 19 heavy (non-hydrogen) atoms. The van der Waals surface area contributed by atoms with E-state index in [9.17, 15) is 0 Å². The monoisotopic (exact) mass is 255 g/mol. The van der Waals surface area contributed by atoms with Gasteiger partial charge in [0.05, 0.1) is 6.61 Å². The van der Waals surface area contributed by atoms with Crippen LogP contribution in [0.2, 0.25) is 0 Å². The molecule has 2 aromatic rings. The maximum atomic E-state index is 5.87. The second-order valence-electron chi connectivity index (χ2n) is 4.90. The van der Waals surface area contributed by atoms with Gasteiger partial charge in [-0.2, -0.15) is 0 Å². The lowest BCUT2D eigenvalue weighted by molar-refractivity contribution is 0.319. The van der Waals surface area contributed by atoms with Crippen molar-refractivity contribution >= 4 is 0 Å². The number of benzene rings is 2. The third-order valence-corrected chi connectivity index (χ3v) is 3.22. The van der Waals surface area contributed by atoms with Gasteiger partial charge in [-0.25, -0.2) is 0 Å². The van der Waals surface area contributed by atoms with Gasteiger partial charge in [0.15, 0.2) is 0 Å². The SMILES string of the molecule is Cc1cc([C@@H](C)N)ccc1OCCc1ccccc1. The van der Waals surface area contributed by atoms with Crippen molar-refractivity contribution in [3.63, 3.8) is 0 Å². The van der Waals surface area contributed by atoms with E-state index in [0.29, 0.717) is 6.61 Å². The predicted molar refractivity (Wildman–Crippen MR) is 79.4 cm³/mol. The van der Waals surface area contributed by atoms with Gasteiger partial charge in [-0.1, -0.05) is 42.5 Å². The third-order valence-electron chi connectivity index (χ3n) is 3.22. The third kappa shape index (κ3) is 3.83. The van der Waals surface area contributed by atoms with E-state index in [1.165, 1.54) is 5.56 Å². The summed E-state index contributed by atoms with van der Waals surface area (Å²) in [5.41, 5.74) is 9.45. The van der Waals surface area contributed by atoms with Gasteiger partial charge in [-0.15, -0.1) is 0 Å². The van der Waals surface area contributed by atoms with Crippen LogP contribution in [-0.2, 0) is 6.42 Å². The summed E-state index contributed by atoms with van der Waals surface area (Å²) in [5.74, 6) is 0.945. The van der Waals surface area contributed by atoms with Gasteiger partial charge in [-0.05, 0) is 36.6 Å². The van der Waals surface area contributed by atoms with Crippen LogP contribution in [-0.4, -0.2) is 6.61 Å². The molecule has 0 amide bonds. The molecule has 2 rings (SSSR count). The zero-order valence-corrected chi connectivity index (χ0v) is 11.6. The van der Waals surface area contributed by atoms with Crippen molar-refractivity contribution in [3.8, 4) is 5.75 Å². The Hall–Kier alpha value is -1.80. The molecule has 0 radical (unpaired) electrons. The van der Waals surface area contributed by atoms with Crippen molar-refractivity contribution in [3.05, 3.63) is 65.2 Å². The molecule has 0 aliphatic rings. The summed E-state index contributed by atoms with van der Waals surface area (Å²) in [6, 6.07) is 16.6. The molecule has 2 N–H and O–H groups in total. The molecule has 100 valence electrons. The van der Waals surface area contributed by atoms with E-state index in [0.717, 1.165) is 23.3 Å². The molecule has 0 aliphatic carbocycles. The van der Waals surface area contributed by atoms with Gasteiger partial charge in [0, 0.05) is 12.5 Å². The lowest BCUT2D eigenvalue weighted by Crippen LogP contribution is -2.06. The molecule has 0 saturated heterocycles. The number of aryl methyl sites for hydroxylation is 1. The molecule has 1 atom stereocenters. The van der Waals surface area contributed by atoms with Crippen LogP contribution in [0.15, 0.2) is 48.5 Å². The van der Waals surface area contributed by atoms with E-state index in [2.05, 4.69) is 37.3 Å². The fourth-order valence-corrected chi connectivity index (χ4v) is 2.04. The number of hydrogen-bond acceptors (Lipinski definition) is 2. The Bertz CT molecular complexity index is 520. The summed E-state index contributed by atoms with van der Waals surface area (Å²) in [4.78, 5) is 0. The highest BCUT2D eigenvalue weighted by molar-refractivity contribution is 5.37. The highest BCUT2D eigenvalue weighted by Crippen LogP contribution is 2.22. The van der Waals surface area contributed by atoms with Crippen LogP contribution in [0.1, 0.15) is 29.7 Å². The number of ether oxygens (including phenoxy) is 1. The van der Waals surface area contributed by atoms with Gasteiger partial charge in [0.1, 0.15) is 5.75 Å². The molecule has 0 bridgehead atoms. The molecule has 2 aromatic carbocycles. The Labute approximate surface area is 115 Å². The Morgan fingerprint density at radius 2 is 1.84 bits per heavy atom. The molecule has 0 unspecified atom stereocenters. The predicted octanol–water partition coefficient (Wildman–Crippen LogP) is 3.64. The van der Waals surface area contributed by atoms with Crippen molar-refractivity contribution in [2.24, 2.45) is 5.73 Å². The molecule has 0 aromatic heterocycles. The largest absolute Gasteiger partial charge is 0.493 e. The van der Waals surface area contributed by atoms with Crippen molar-refractivity contribution in [1.29, 1.82) is 0 Å². The first-order chi connectivity index (χ1) is 9.16. The first kappa shape index (κ1) is 13.6. The van der Waals surface area contributed by atoms with Crippen LogP contribution < -0.4 is 10.5 Å². The Morgan fingerprint density at radius 3 is 2.47 bits per heavy atom. The standard InChI is InChI=1S/C17H21NO/c1-13-12-16(14(2)18)8-9-17(13)19-11-10-15-6-4-3-5-7-15/h3-9,12,14H,10-11,18H2,1-2H3/t14-/m1/s1. The van der Waals surface area contributed by atoms with Crippen molar-refractivity contribution in [2.75, 3.05) is 6.61 Å². The second-order valence-corrected chi connectivity index (χ2v) is 4.90. The van der Waals surface area contributed by atoms with Gasteiger partial charge < -0.3 is 10.5 Å². The van der Waals surface area contributed by atoms with Crippen LogP contribution >= 0.6 is 0 Å². The van der Waals surface area contributed by atoms with Crippen molar-refractivity contribution < 1.29 is 4.74 Å². The van der Waals surface area contributed by atoms with E-state index in [1.54, 1.807) is 0 Å². The molecule has 2 heteroatoms. The van der Waals surface area contributed by atoms with Gasteiger partial charge in [0.25, 0.3) is 0 Å². The quantitative estimate of drug-likeness (QED) is 0.885. The van der Waals surface area contributed by atoms with Crippen molar-refractivity contribution in [1.82, 2.24) is 0 Å². The van der Waals surface area contributed by atoms with Gasteiger partial charge >= 0.3 is 0 Å². The molecule has 0 aliphatic heterocycles. The number of hydrogen-bond donors (Lipinski definition) is 1. The average Bonchev–Trinajstić information content (AvgIpc) is 2.41. The molecule has 0 spiro atoms. The highest BCUT2D eigenvalue weighted by Gasteiger charge is 2.04. The minimum Gasteiger partial charge on any atom is -0.493 e. The van der Waals surface area contributed by atoms with E-state index >= 15 is 0 Å². The minimum absolute atomic E-state index is 0.0667. The van der Waals surface area contributed by atoms with Crippen molar-refractivity contribution in [2.45, 2.75) is 26.3 Å². The zero-order valence-electron chi connectivity index (χ0n) is 11.6. The van der Waals surface area contributed by atoms with Crippen LogP contribution in [0.4, 0.5) is 0 Å². The normalized spacial score (nSPS) is 12.2. The lowest BCUT2D eigenvalue weighted by atomic mass is 10.1. The number of nitrogens with two attached hydrogens (primary N) is 1. The number of rotatable bonds is 5. The molecular weight excluding hydrogens is 234 g/mol. The summed E-state index contributed by atoms with van der Waals surface area (Å²) in [6.07, 6.45) is 0.926. The van der Waals surface area contributed by atoms with Gasteiger partial charge in [-0.3, -0.25) is 0 Å². The fourth-order valence-electron chi connectivity index (χ4n) is 2.04. The smallest absolute Gasteiger partial charge is 0.122 e. The van der Waals surface area contributed by atoms with E-state index in [4.69, 9.17) is 10.5 Å². The summed E-state index contributed by atoms with van der Waals surface area (Å²) in [6.45, 7) is 4.75. The van der Waals surface area contributed by atoms with Crippen LogP contribution in [0.5, 0.6) is 5.75 Å². The summed E-state index contributed by atoms with van der Waals surface area (Å²) < 4.78 is 5.83. The lowest BCUT2D eigenvalue weighted by Gasteiger charge is -2.12. The topological polar surface area (TPSA) is 35.2 Å². The van der Waals surface area contributed by atoms with Crippen LogP contribution in [0.3, 0.4) is 0 Å². The zero-order chi connectivity index (χ0) is 13.7. The maximum Gasteiger partial charge on any atom is 0.122 e. The first-order valence-corrected chi connectivity index (χ1v) is 6.69. The Balaban J connectivity index is 1.93. The molecule has 2 nitrogen and oxygen atoms in total. The summed E-state index contributed by atoms with van der Waals surface area (Å²) >= 11 is 0. The Morgan fingerprint density at radius 1 is 1.11 bits per heavy atom. The highest BCUT2D eigenvalue weighted by atomic mass is 16.5. The average molecular weight is 255 g/mol.